The van der Waals surface area contributed by atoms with Crippen LogP contribution in [0.1, 0.15) is 31.9 Å². The molecule has 0 aliphatic heterocycles. The van der Waals surface area contributed by atoms with Gasteiger partial charge in [-0.2, -0.15) is 0 Å². The van der Waals surface area contributed by atoms with Crippen molar-refractivity contribution in [2.75, 3.05) is 6.54 Å². The molecular weight excluding hydrogens is 289 g/mol. The molecule has 4 heteroatoms. The summed E-state index contributed by atoms with van der Waals surface area (Å²) in [5, 5.41) is 3.87. The third-order valence-corrected chi connectivity index (χ3v) is 3.51. The zero-order valence-corrected chi connectivity index (χ0v) is 13.0. The molecule has 2 nitrogen and oxygen atoms in total. The maximum atomic E-state index is 13.5. The molecule has 0 saturated carbocycles. The Balaban J connectivity index is 2.28. The van der Waals surface area contributed by atoms with Crippen LogP contribution in [0, 0.1) is 5.82 Å². The van der Waals surface area contributed by atoms with E-state index >= 15 is 0 Å². The quantitative estimate of drug-likeness (QED) is 0.778. The van der Waals surface area contributed by atoms with Gasteiger partial charge in [-0.05, 0) is 50.2 Å². The van der Waals surface area contributed by atoms with E-state index < -0.39 is 0 Å². The van der Waals surface area contributed by atoms with E-state index in [1.54, 1.807) is 18.2 Å². The summed E-state index contributed by atoms with van der Waals surface area (Å²) < 4.78 is 19.4. The minimum Gasteiger partial charge on any atom is -0.455 e. The van der Waals surface area contributed by atoms with Gasteiger partial charge in [0.15, 0.2) is 0 Å². The van der Waals surface area contributed by atoms with Gasteiger partial charge >= 0.3 is 0 Å². The number of hydrogen-bond acceptors (Lipinski definition) is 2. The van der Waals surface area contributed by atoms with Gasteiger partial charge in [0.1, 0.15) is 17.3 Å². The minimum atomic E-state index is -0.276. The Morgan fingerprint density at radius 2 is 1.95 bits per heavy atom. The molecule has 0 radical (unpaired) electrons. The topological polar surface area (TPSA) is 21.3 Å². The van der Waals surface area contributed by atoms with Gasteiger partial charge in [-0.15, -0.1) is 0 Å². The maximum absolute atomic E-state index is 13.5. The molecule has 0 bridgehead atoms. The lowest BCUT2D eigenvalue weighted by Crippen LogP contribution is -2.19. The average molecular weight is 308 g/mol. The molecule has 112 valence electrons. The summed E-state index contributed by atoms with van der Waals surface area (Å²) in [6, 6.07) is 11.8. The van der Waals surface area contributed by atoms with E-state index in [0.717, 1.165) is 18.5 Å². The van der Waals surface area contributed by atoms with Crippen molar-refractivity contribution in [3.05, 3.63) is 58.9 Å². The molecule has 0 aromatic heterocycles. The molecule has 0 amide bonds. The van der Waals surface area contributed by atoms with Crippen LogP contribution in [0.25, 0.3) is 0 Å². The van der Waals surface area contributed by atoms with E-state index in [1.165, 1.54) is 12.1 Å². The molecule has 1 unspecified atom stereocenters. The second kappa shape index (κ2) is 7.43. The van der Waals surface area contributed by atoms with Crippen molar-refractivity contribution >= 4 is 11.6 Å². The van der Waals surface area contributed by atoms with Crippen molar-refractivity contribution in [2.45, 2.75) is 26.3 Å². The number of benzene rings is 2. The van der Waals surface area contributed by atoms with Crippen molar-refractivity contribution in [1.82, 2.24) is 5.32 Å². The molecular formula is C17H19ClFNO. The number of rotatable bonds is 6. The Bertz CT molecular complexity index is 603. The highest BCUT2D eigenvalue weighted by Gasteiger charge is 2.14. The summed E-state index contributed by atoms with van der Waals surface area (Å²) >= 11 is 6.11. The summed E-state index contributed by atoms with van der Waals surface area (Å²) in [6.45, 7) is 4.94. The van der Waals surface area contributed by atoms with E-state index in [-0.39, 0.29) is 11.9 Å². The van der Waals surface area contributed by atoms with E-state index in [4.69, 9.17) is 16.3 Å². The van der Waals surface area contributed by atoms with Crippen LogP contribution < -0.4 is 10.1 Å². The van der Waals surface area contributed by atoms with Gasteiger partial charge in [0.2, 0.25) is 0 Å². The van der Waals surface area contributed by atoms with Crippen LogP contribution in [0.5, 0.6) is 11.5 Å². The molecule has 2 aromatic carbocycles. The fourth-order valence-electron chi connectivity index (χ4n) is 2.07. The molecule has 0 saturated heterocycles. The van der Waals surface area contributed by atoms with Crippen LogP contribution in [-0.2, 0) is 0 Å². The third kappa shape index (κ3) is 4.19. The first-order valence-electron chi connectivity index (χ1n) is 7.07. The lowest BCUT2D eigenvalue weighted by Gasteiger charge is -2.18. The van der Waals surface area contributed by atoms with Crippen LogP contribution in [0.3, 0.4) is 0 Å². The molecule has 0 fully saturated rings. The highest BCUT2D eigenvalue weighted by Crippen LogP contribution is 2.33. The van der Waals surface area contributed by atoms with E-state index in [2.05, 4.69) is 12.2 Å². The molecule has 0 heterocycles. The lowest BCUT2D eigenvalue weighted by atomic mass is 10.1. The molecule has 2 aromatic rings. The SMILES string of the molecule is CCCNC(C)c1cc(F)ccc1Oc1ccccc1Cl. The summed E-state index contributed by atoms with van der Waals surface area (Å²) in [5.74, 6) is 0.900. The number of halogens is 2. The first-order valence-corrected chi connectivity index (χ1v) is 7.44. The Morgan fingerprint density at radius 1 is 1.19 bits per heavy atom. The monoisotopic (exact) mass is 307 g/mol. The molecule has 1 N–H and O–H groups in total. The van der Waals surface area contributed by atoms with Gasteiger partial charge in [0, 0.05) is 11.6 Å². The van der Waals surface area contributed by atoms with Crippen molar-refractivity contribution in [1.29, 1.82) is 0 Å². The summed E-state index contributed by atoms with van der Waals surface area (Å²) in [6.07, 6.45) is 1.01. The van der Waals surface area contributed by atoms with Crippen molar-refractivity contribution in [2.24, 2.45) is 0 Å². The molecule has 0 aliphatic carbocycles. The highest BCUT2D eigenvalue weighted by atomic mass is 35.5. The Morgan fingerprint density at radius 3 is 2.67 bits per heavy atom. The molecule has 21 heavy (non-hydrogen) atoms. The maximum Gasteiger partial charge on any atom is 0.146 e. The molecule has 0 spiro atoms. The number of nitrogens with one attached hydrogen (secondary N) is 1. The van der Waals surface area contributed by atoms with Gasteiger partial charge < -0.3 is 10.1 Å². The van der Waals surface area contributed by atoms with Crippen LogP contribution >= 0.6 is 11.6 Å². The number of hydrogen-bond donors (Lipinski definition) is 1. The first-order chi connectivity index (χ1) is 10.1. The van der Waals surface area contributed by atoms with Gasteiger partial charge in [-0.1, -0.05) is 30.7 Å². The van der Waals surface area contributed by atoms with Crippen LogP contribution in [0.4, 0.5) is 4.39 Å². The van der Waals surface area contributed by atoms with Crippen molar-refractivity contribution in [3.63, 3.8) is 0 Å². The average Bonchev–Trinajstić information content (AvgIpc) is 2.48. The third-order valence-electron chi connectivity index (χ3n) is 3.20. The fraction of sp³-hybridized carbons (Fsp3) is 0.294. The predicted octanol–water partition coefficient (Wildman–Crippen LogP) is 5.33. The number of ether oxygens (including phenoxy) is 1. The predicted molar refractivity (Wildman–Crippen MR) is 84.6 cm³/mol. The van der Waals surface area contributed by atoms with Gasteiger partial charge in [0.05, 0.1) is 5.02 Å². The van der Waals surface area contributed by atoms with Crippen LogP contribution in [0.2, 0.25) is 5.02 Å². The normalized spacial score (nSPS) is 12.2. The summed E-state index contributed by atoms with van der Waals surface area (Å²) in [7, 11) is 0. The Labute approximate surface area is 129 Å². The first kappa shape index (κ1) is 15.8. The van der Waals surface area contributed by atoms with Gasteiger partial charge in [-0.3, -0.25) is 0 Å². The molecule has 2 rings (SSSR count). The molecule has 0 aliphatic rings. The second-order valence-electron chi connectivity index (χ2n) is 4.89. The van der Waals surface area contributed by atoms with Gasteiger partial charge in [0.25, 0.3) is 0 Å². The number of para-hydroxylation sites is 1. The van der Waals surface area contributed by atoms with E-state index in [1.807, 2.05) is 19.1 Å². The summed E-state index contributed by atoms with van der Waals surface area (Å²) in [4.78, 5) is 0. The van der Waals surface area contributed by atoms with E-state index in [0.29, 0.717) is 16.5 Å². The van der Waals surface area contributed by atoms with Crippen LogP contribution in [0.15, 0.2) is 42.5 Å². The minimum absolute atomic E-state index is 0.00172. The Kier molecular flexibility index (Phi) is 5.59. The smallest absolute Gasteiger partial charge is 0.146 e. The Hall–Kier alpha value is -1.58. The van der Waals surface area contributed by atoms with Crippen molar-refractivity contribution < 1.29 is 9.13 Å². The zero-order valence-electron chi connectivity index (χ0n) is 12.2. The molecule has 1 atom stereocenters. The van der Waals surface area contributed by atoms with Crippen LogP contribution in [-0.4, -0.2) is 6.54 Å². The second-order valence-corrected chi connectivity index (χ2v) is 5.30. The van der Waals surface area contributed by atoms with E-state index in [9.17, 15) is 4.39 Å². The zero-order chi connectivity index (χ0) is 15.2. The lowest BCUT2D eigenvalue weighted by molar-refractivity contribution is 0.458. The van der Waals surface area contributed by atoms with Gasteiger partial charge in [-0.25, -0.2) is 4.39 Å². The highest BCUT2D eigenvalue weighted by molar-refractivity contribution is 6.32. The largest absolute Gasteiger partial charge is 0.455 e. The fourth-order valence-corrected chi connectivity index (χ4v) is 2.24. The summed E-state index contributed by atoms with van der Waals surface area (Å²) in [5.41, 5.74) is 0.781. The standard InChI is InChI=1S/C17H19ClFNO/c1-3-10-20-12(2)14-11-13(19)8-9-16(14)21-17-7-5-4-6-15(17)18/h4-9,11-12,20H,3,10H2,1-2H3. The van der Waals surface area contributed by atoms with Crippen molar-refractivity contribution in [3.8, 4) is 11.5 Å².